The molecule has 1 rings (SSSR count). The first kappa shape index (κ1) is 7.99. The van der Waals surface area contributed by atoms with E-state index in [1.165, 1.54) is 19.3 Å². The Morgan fingerprint density at radius 2 is 1.90 bits per heavy atom. The smallest absolute Gasteiger partial charge is 0.171 e. The molecule has 1 aliphatic carbocycles. The number of hydrogen-bond acceptors (Lipinski definition) is 1. The Morgan fingerprint density at radius 3 is 2.20 bits per heavy atom. The molecule has 0 atom stereocenters. The van der Waals surface area contributed by atoms with Gasteiger partial charge in [-0.25, -0.2) is 0 Å². The van der Waals surface area contributed by atoms with E-state index >= 15 is 0 Å². The highest BCUT2D eigenvalue weighted by molar-refractivity contribution is 6.75. The van der Waals surface area contributed by atoms with Crippen molar-refractivity contribution in [1.29, 1.82) is 0 Å². The van der Waals surface area contributed by atoms with Crippen LogP contribution in [0.25, 0.3) is 0 Å². The van der Waals surface area contributed by atoms with Crippen LogP contribution in [-0.4, -0.2) is 14.5 Å². The van der Waals surface area contributed by atoms with Crippen LogP contribution in [0.1, 0.15) is 19.3 Å². The van der Waals surface area contributed by atoms with Gasteiger partial charge in [0.2, 0.25) is 0 Å². The summed E-state index contributed by atoms with van der Waals surface area (Å²) >= 11 is 0. The standard InChI is InChI=1S/C8H17NSi/c1-10(2,3)9-7-8-5-4-6-8/h7-8H,4-6H2,1-3H3/b9-7+. The van der Waals surface area contributed by atoms with Crippen molar-refractivity contribution in [3.63, 3.8) is 0 Å². The molecule has 0 amide bonds. The normalized spacial score (nSPS) is 21.5. The lowest BCUT2D eigenvalue weighted by molar-refractivity contribution is 0.421. The first-order chi connectivity index (χ1) is 4.58. The molecule has 1 saturated carbocycles. The quantitative estimate of drug-likeness (QED) is 0.429. The molecule has 1 nitrogen and oxygen atoms in total. The van der Waals surface area contributed by atoms with Crippen molar-refractivity contribution < 1.29 is 0 Å². The van der Waals surface area contributed by atoms with Crippen LogP contribution >= 0.6 is 0 Å². The minimum absolute atomic E-state index is 0.840. The van der Waals surface area contributed by atoms with Crippen LogP contribution in [-0.2, 0) is 0 Å². The average molecular weight is 155 g/mol. The molecular formula is C8H17NSi. The van der Waals surface area contributed by atoms with Gasteiger partial charge in [-0.15, -0.1) is 0 Å². The number of rotatable bonds is 2. The molecule has 0 unspecified atom stereocenters. The van der Waals surface area contributed by atoms with E-state index in [4.69, 9.17) is 0 Å². The molecule has 1 aliphatic rings. The van der Waals surface area contributed by atoms with Gasteiger partial charge in [-0.3, -0.25) is 0 Å². The highest BCUT2D eigenvalue weighted by atomic mass is 28.3. The summed E-state index contributed by atoms with van der Waals surface area (Å²) < 4.78 is 4.59. The summed E-state index contributed by atoms with van der Waals surface area (Å²) in [6, 6.07) is 0. The van der Waals surface area contributed by atoms with Crippen molar-refractivity contribution in [2.75, 3.05) is 0 Å². The predicted molar refractivity (Wildman–Crippen MR) is 49.2 cm³/mol. The van der Waals surface area contributed by atoms with Crippen LogP contribution in [0.5, 0.6) is 0 Å². The van der Waals surface area contributed by atoms with Crippen molar-refractivity contribution in [1.82, 2.24) is 0 Å². The second-order valence-electron chi connectivity index (χ2n) is 4.14. The molecule has 10 heavy (non-hydrogen) atoms. The highest BCUT2D eigenvalue weighted by Gasteiger charge is 2.16. The summed E-state index contributed by atoms with van der Waals surface area (Å²) in [6.45, 7) is 6.84. The third-order valence-corrected chi connectivity index (χ3v) is 2.75. The molecule has 0 radical (unpaired) electrons. The van der Waals surface area contributed by atoms with Crippen molar-refractivity contribution in [3.05, 3.63) is 0 Å². The fourth-order valence-electron chi connectivity index (χ4n) is 0.918. The first-order valence-electron chi connectivity index (χ1n) is 4.13. The van der Waals surface area contributed by atoms with Gasteiger partial charge in [0.25, 0.3) is 0 Å². The van der Waals surface area contributed by atoms with Crippen LogP contribution in [0.15, 0.2) is 4.66 Å². The van der Waals surface area contributed by atoms with Gasteiger partial charge in [0, 0.05) is 0 Å². The zero-order valence-electron chi connectivity index (χ0n) is 7.22. The summed E-state index contributed by atoms with van der Waals surface area (Å²) in [4.78, 5) is 0. The van der Waals surface area contributed by atoms with Gasteiger partial charge in [-0.1, -0.05) is 6.42 Å². The molecule has 0 bridgehead atoms. The maximum absolute atomic E-state index is 4.59. The minimum atomic E-state index is -1.13. The molecule has 0 aromatic carbocycles. The highest BCUT2D eigenvalue weighted by Crippen LogP contribution is 2.24. The Hall–Kier alpha value is -0.113. The lowest BCUT2D eigenvalue weighted by Crippen LogP contribution is -2.20. The lowest BCUT2D eigenvalue weighted by atomic mass is 9.87. The Bertz CT molecular complexity index is 131. The Balaban J connectivity index is 2.28. The van der Waals surface area contributed by atoms with E-state index in [2.05, 4.69) is 30.5 Å². The van der Waals surface area contributed by atoms with E-state index in [-0.39, 0.29) is 0 Å². The monoisotopic (exact) mass is 155 g/mol. The zero-order valence-corrected chi connectivity index (χ0v) is 8.22. The Morgan fingerprint density at radius 1 is 1.30 bits per heavy atom. The van der Waals surface area contributed by atoms with Gasteiger partial charge < -0.3 is 4.66 Å². The van der Waals surface area contributed by atoms with Crippen LogP contribution in [0.4, 0.5) is 0 Å². The second kappa shape index (κ2) is 2.87. The Kier molecular flexibility index (Phi) is 2.29. The molecule has 58 valence electrons. The molecule has 2 heteroatoms. The van der Waals surface area contributed by atoms with Gasteiger partial charge in [-0.05, 0) is 44.6 Å². The van der Waals surface area contributed by atoms with Gasteiger partial charge in [0.15, 0.2) is 8.24 Å². The molecule has 0 heterocycles. The van der Waals surface area contributed by atoms with Crippen LogP contribution in [0, 0.1) is 5.92 Å². The molecule has 0 aliphatic heterocycles. The molecule has 0 aromatic heterocycles. The molecule has 0 aromatic rings. The van der Waals surface area contributed by atoms with E-state index in [0.29, 0.717) is 0 Å². The average Bonchev–Trinajstić information content (AvgIpc) is 1.56. The third kappa shape index (κ3) is 2.65. The first-order valence-corrected chi connectivity index (χ1v) is 7.58. The minimum Gasteiger partial charge on any atom is -0.333 e. The van der Waals surface area contributed by atoms with Crippen molar-refractivity contribution in [2.24, 2.45) is 10.6 Å². The second-order valence-corrected chi connectivity index (χ2v) is 8.74. The third-order valence-electron chi connectivity index (χ3n) is 1.82. The summed E-state index contributed by atoms with van der Waals surface area (Å²) in [5.41, 5.74) is 0. The molecule has 0 saturated heterocycles. The Labute approximate surface area is 64.6 Å². The maximum Gasteiger partial charge on any atom is 0.171 e. The van der Waals surface area contributed by atoms with Gasteiger partial charge >= 0.3 is 0 Å². The van der Waals surface area contributed by atoms with E-state index in [9.17, 15) is 0 Å². The van der Waals surface area contributed by atoms with Crippen LogP contribution in [0.3, 0.4) is 0 Å². The maximum atomic E-state index is 4.59. The van der Waals surface area contributed by atoms with E-state index in [0.717, 1.165) is 5.92 Å². The summed E-state index contributed by atoms with van der Waals surface area (Å²) in [5, 5.41) is 0. The van der Waals surface area contributed by atoms with E-state index < -0.39 is 8.24 Å². The van der Waals surface area contributed by atoms with E-state index in [1.807, 2.05) is 0 Å². The summed E-state index contributed by atoms with van der Waals surface area (Å²) in [6.07, 6.45) is 6.39. The number of hydrogen-bond donors (Lipinski definition) is 0. The van der Waals surface area contributed by atoms with Crippen molar-refractivity contribution in [2.45, 2.75) is 38.9 Å². The SMILES string of the molecule is C[Si](C)(C)/N=C/C1CCC1. The summed E-state index contributed by atoms with van der Waals surface area (Å²) in [5.74, 6) is 0.840. The number of nitrogens with zero attached hydrogens (tertiary/aromatic N) is 1. The van der Waals surface area contributed by atoms with E-state index in [1.54, 1.807) is 0 Å². The molecule has 1 fully saturated rings. The van der Waals surface area contributed by atoms with Crippen LogP contribution < -0.4 is 0 Å². The van der Waals surface area contributed by atoms with Gasteiger partial charge in [0.05, 0.1) is 0 Å². The zero-order chi connectivity index (χ0) is 7.61. The summed E-state index contributed by atoms with van der Waals surface area (Å²) in [7, 11) is -1.13. The predicted octanol–water partition coefficient (Wildman–Crippen LogP) is 2.69. The van der Waals surface area contributed by atoms with Gasteiger partial charge in [-0.2, -0.15) is 0 Å². The molecule has 0 N–H and O–H groups in total. The topological polar surface area (TPSA) is 12.4 Å². The van der Waals surface area contributed by atoms with Crippen molar-refractivity contribution >= 4 is 14.5 Å². The van der Waals surface area contributed by atoms with Crippen LogP contribution in [0.2, 0.25) is 19.6 Å². The lowest BCUT2D eigenvalue weighted by Gasteiger charge is -2.22. The largest absolute Gasteiger partial charge is 0.333 e. The fraction of sp³-hybridized carbons (Fsp3) is 0.875. The fourth-order valence-corrected chi connectivity index (χ4v) is 1.58. The molecular weight excluding hydrogens is 138 g/mol. The molecule has 0 spiro atoms. The van der Waals surface area contributed by atoms with Crippen molar-refractivity contribution in [3.8, 4) is 0 Å². The van der Waals surface area contributed by atoms with Gasteiger partial charge in [0.1, 0.15) is 0 Å².